The number of hydrogen-bond donors (Lipinski definition) is 3. The third-order valence-electron chi connectivity index (χ3n) is 2.29. The number of rotatable bonds is 5. The van der Waals surface area contributed by atoms with Crippen LogP contribution < -0.4 is 5.32 Å². The first-order valence-corrected chi connectivity index (χ1v) is 5.45. The molecule has 0 aliphatic carbocycles. The average molecular weight is 253 g/mol. The Morgan fingerprint density at radius 3 is 2.78 bits per heavy atom. The van der Waals surface area contributed by atoms with Gasteiger partial charge in [0, 0.05) is 19.3 Å². The number of nitrogens with one attached hydrogen (secondary N) is 1. The van der Waals surface area contributed by atoms with E-state index in [-0.39, 0.29) is 24.5 Å². The van der Waals surface area contributed by atoms with E-state index in [0.29, 0.717) is 6.54 Å². The summed E-state index contributed by atoms with van der Waals surface area (Å²) in [7, 11) is 0. The summed E-state index contributed by atoms with van der Waals surface area (Å²) in [5.74, 6) is -1.21. The molecule has 0 bridgehead atoms. The second kappa shape index (κ2) is 6.55. The number of nitrogens with zero attached hydrogens (tertiary/aromatic N) is 2. The van der Waals surface area contributed by atoms with Gasteiger partial charge in [0.15, 0.2) is 5.69 Å². The van der Waals surface area contributed by atoms with Gasteiger partial charge in [0.25, 0.3) is 0 Å². The molecule has 0 saturated carbocycles. The molecule has 0 fully saturated rings. The highest BCUT2D eigenvalue weighted by molar-refractivity contribution is 5.98. The Morgan fingerprint density at radius 2 is 2.22 bits per heavy atom. The zero-order valence-electron chi connectivity index (χ0n) is 9.96. The van der Waals surface area contributed by atoms with Crippen molar-refractivity contribution in [3.63, 3.8) is 0 Å². The van der Waals surface area contributed by atoms with E-state index in [0.717, 1.165) is 0 Å². The summed E-state index contributed by atoms with van der Waals surface area (Å²) in [4.78, 5) is 27.7. The van der Waals surface area contributed by atoms with Gasteiger partial charge in [-0.1, -0.05) is 0 Å². The Bertz CT molecular complexity index is 436. The number of hydrogen-bond acceptors (Lipinski definition) is 4. The number of likely N-dealkylation sites (N-methyl/N-ethyl adjacent to an activating group) is 1. The number of pyridine rings is 1. The molecule has 0 radical (unpaired) electrons. The summed E-state index contributed by atoms with van der Waals surface area (Å²) in [6, 6.07) is 2.52. The number of carboxylic acid groups (broad SMARTS) is 1. The van der Waals surface area contributed by atoms with E-state index in [1.54, 1.807) is 6.92 Å². The molecular weight excluding hydrogens is 238 g/mol. The summed E-state index contributed by atoms with van der Waals surface area (Å²) in [5.41, 5.74) is -0.0858. The van der Waals surface area contributed by atoms with Crippen molar-refractivity contribution >= 4 is 17.7 Å². The first-order valence-electron chi connectivity index (χ1n) is 5.45. The van der Waals surface area contributed by atoms with Gasteiger partial charge in [-0.05, 0) is 19.1 Å². The third-order valence-corrected chi connectivity index (χ3v) is 2.29. The topological polar surface area (TPSA) is 103 Å². The second-order valence-corrected chi connectivity index (χ2v) is 3.44. The van der Waals surface area contributed by atoms with E-state index < -0.39 is 12.0 Å². The molecule has 3 N–H and O–H groups in total. The number of aromatic carboxylic acids is 1. The fourth-order valence-electron chi connectivity index (χ4n) is 1.39. The molecule has 0 aliphatic heterocycles. The van der Waals surface area contributed by atoms with Crippen molar-refractivity contribution in [3.05, 3.63) is 24.0 Å². The quantitative estimate of drug-likeness (QED) is 0.714. The van der Waals surface area contributed by atoms with Gasteiger partial charge in [0.2, 0.25) is 0 Å². The van der Waals surface area contributed by atoms with Crippen LogP contribution in [0.4, 0.5) is 10.5 Å². The Labute approximate surface area is 104 Å². The van der Waals surface area contributed by atoms with Crippen LogP contribution in [0.15, 0.2) is 18.3 Å². The Kier molecular flexibility index (Phi) is 5.06. The number of aliphatic hydroxyl groups excluding tert-OH is 1. The maximum atomic E-state index is 11.8. The molecule has 1 aromatic heterocycles. The maximum Gasteiger partial charge on any atom is 0.356 e. The molecule has 0 atom stereocenters. The lowest BCUT2D eigenvalue weighted by Crippen LogP contribution is -2.37. The predicted molar refractivity (Wildman–Crippen MR) is 64.5 cm³/mol. The molecular formula is C11H15N3O4. The maximum absolute atomic E-state index is 11.8. The van der Waals surface area contributed by atoms with Crippen LogP contribution >= 0.6 is 0 Å². The van der Waals surface area contributed by atoms with Crippen LogP contribution in [0, 0.1) is 0 Å². The van der Waals surface area contributed by atoms with Crippen molar-refractivity contribution in [3.8, 4) is 0 Å². The zero-order valence-corrected chi connectivity index (χ0v) is 9.96. The number of carbonyl (C=O) groups excluding carboxylic acids is 1. The fourth-order valence-corrected chi connectivity index (χ4v) is 1.39. The lowest BCUT2D eigenvalue weighted by molar-refractivity contribution is 0.0691. The Balaban J connectivity index is 2.84. The second-order valence-electron chi connectivity index (χ2n) is 3.44. The largest absolute Gasteiger partial charge is 0.476 e. The highest BCUT2D eigenvalue weighted by Crippen LogP contribution is 2.12. The number of urea groups is 1. The third kappa shape index (κ3) is 3.42. The number of amides is 2. The Hall–Kier alpha value is -2.15. The van der Waals surface area contributed by atoms with Crippen molar-refractivity contribution in [2.45, 2.75) is 6.92 Å². The molecule has 0 spiro atoms. The molecule has 0 saturated heterocycles. The summed E-state index contributed by atoms with van der Waals surface area (Å²) in [6.45, 7) is 2.21. The first-order chi connectivity index (χ1) is 8.60. The van der Waals surface area contributed by atoms with E-state index in [1.165, 1.54) is 23.2 Å². The van der Waals surface area contributed by atoms with Gasteiger partial charge in [-0.15, -0.1) is 0 Å². The minimum Gasteiger partial charge on any atom is -0.476 e. The number of aromatic nitrogens is 1. The number of carbonyl (C=O) groups is 2. The minimum absolute atomic E-state index is 0.131. The van der Waals surface area contributed by atoms with Crippen molar-refractivity contribution < 1.29 is 19.8 Å². The van der Waals surface area contributed by atoms with Gasteiger partial charge in [-0.2, -0.15) is 0 Å². The minimum atomic E-state index is -1.21. The Morgan fingerprint density at radius 1 is 1.50 bits per heavy atom. The molecule has 7 nitrogen and oxygen atoms in total. The van der Waals surface area contributed by atoms with Crippen molar-refractivity contribution in [2.75, 3.05) is 25.0 Å². The van der Waals surface area contributed by atoms with Gasteiger partial charge in [0.05, 0.1) is 12.3 Å². The molecule has 1 aromatic rings. The van der Waals surface area contributed by atoms with Crippen LogP contribution in [-0.4, -0.2) is 51.8 Å². The number of anilines is 1. The van der Waals surface area contributed by atoms with E-state index in [9.17, 15) is 9.59 Å². The number of carboxylic acids is 1. The van der Waals surface area contributed by atoms with E-state index in [1.807, 2.05) is 0 Å². The lowest BCUT2D eigenvalue weighted by Gasteiger charge is -2.20. The summed E-state index contributed by atoms with van der Waals surface area (Å²) in [5, 5.41) is 20.2. The molecule has 98 valence electrons. The molecule has 1 heterocycles. The van der Waals surface area contributed by atoms with Crippen molar-refractivity contribution in [1.29, 1.82) is 0 Å². The zero-order chi connectivity index (χ0) is 13.5. The SMILES string of the molecule is CCN(CCO)C(=O)Nc1cccnc1C(=O)O. The molecule has 18 heavy (non-hydrogen) atoms. The molecule has 2 amide bonds. The first kappa shape index (κ1) is 13.9. The highest BCUT2D eigenvalue weighted by atomic mass is 16.4. The molecule has 7 heteroatoms. The number of aliphatic hydroxyl groups is 1. The van der Waals surface area contributed by atoms with Gasteiger partial charge in [0.1, 0.15) is 0 Å². The molecule has 0 aromatic carbocycles. The summed E-state index contributed by atoms with van der Waals surface area (Å²) < 4.78 is 0. The van der Waals surface area contributed by atoms with Crippen LogP contribution in [0.5, 0.6) is 0 Å². The molecule has 0 unspecified atom stereocenters. The summed E-state index contributed by atoms with van der Waals surface area (Å²) in [6.07, 6.45) is 1.34. The van der Waals surface area contributed by atoms with Gasteiger partial charge < -0.3 is 20.4 Å². The normalized spacial score (nSPS) is 9.89. The van der Waals surface area contributed by atoms with Gasteiger partial charge >= 0.3 is 12.0 Å². The van der Waals surface area contributed by atoms with Gasteiger partial charge in [-0.25, -0.2) is 14.6 Å². The van der Waals surface area contributed by atoms with Crippen LogP contribution in [0.1, 0.15) is 17.4 Å². The standard InChI is InChI=1S/C11H15N3O4/c1-2-14(6-7-15)11(18)13-8-4-3-5-12-9(8)10(16)17/h3-5,15H,2,6-7H2,1H3,(H,13,18)(H,16,17). The van der Waals surface area contributed by atoms with Crippen molar-refractivity contribution in [1.82, 2.24) is 9.88 Å². The molecule has 0 aliphatic rings. The lowest BCUT2D eigenvalue weighted by atomic mass is 10.3. The van der Waals surface area contributed by atoms with Gasteiger partial charge in [-0.3, -0.25) is 0 Å². The van der Waals surface area contributed by atoms with E-state index in [2.05, 4.69) is 10.3 Å². The average Bonchev–Trinajstić information content (AvgIpc) is 2.36. The predicted octanol–water partition coefficient (Wildman–Crippen LogP) is 0.626. The van der Waals surface area contributed by atoms with Crippen LogP contribution in [0.25, 0.3) is 0 Å². The van der Waals surface area contributed by atoms with Crippen LogP contribution in [-0.2, 0) is 0 Å². The summed E-state index contributed by atoms with van der Waals surface area (Å²) >= 11 is 0. The van der Waals surface area contributed by atoms with Crippen molar-refractivity contribution in [2.24, 2.45) is 0 Å². The van der Waals surface area contributed by atoms with E-state index in [4.69, 9.17) is 10.2 Å². The highest BCUT2D eigenvalue weighted by Gasteiger charge is 2.16. The fraction of sp³-hybridized carbons (Fsp3) is 0.364. The molecule has 1 rings (SSSR count). The van der Waals surface area contributed by atoms with Crippen LogP contribution in [0.3, 0.4) is 0 Å². The smallest absolute Gasteiger partial charge is 0.356 e. The van der Waals surface area contributed by atoms with Crippen LogP contribution in [0.2, 0.25) is 0 Å². The van der Waals surface area contributed by atoms with E-state index >= 15 is 0 Å². The monoisotopic (exact) mass is 253 g/mol.